The summed E-state index contributed by atoms with van der Waals surface area (Å²) < 4.78 is 6.42. The molecule has 0 saturated carbocycles. The predicted octanol–water partition coefficient (Wildman–Crippen LogP) is 5.32. The lowest BCUT2D eigenvalue weighted by Crippen LogP contribution is -2.20. The Labute approximate surface area is 194 Å². The number of rotatable bonds is 7. The van der Waals surface area contributed by atoms with Crippen LogP contribution in [0.4, 0.5) is 11.4 Å². The third-order valence-electron chi connectivity index (χ3n) is 4.36. The summed E-state index contributed by atoms with van der Waals surface area (Å²) in [6.45, 7) is 1.81. The number of carbonyl (C=O) groups excluding carboxylic acids is 2. The van der Waals surface area contributed by atoms with Gasteiger partial charge in [0.2, 0.25) is 0 Å². The molecule has 0 unspecified atom stereocenters. The van der Waals surface area contributed by atoms with Gasteiger partial charge in [0.25, 0.3) is 11.8 Å². The van der Waals surface area contributed by atoms with Gasteiger partial charge in [0.05, 0.1) is 0 Å². The molecule has 32 heavy (non-hydrogen) atoms. The Kier molecular flexibility index (Phi) is 7.79. The van der Waals surface area contributed by atoms with E-state index in [4.69, 9.17) is 4.74 Å². The molecule has 2 amide bonds. The highest BCUT2D eigenvalue weighted by Gasteiger charge is 2.10. The molecule has 3 aromatic rings. The number of nitrogens with zero attached hydrogens (tertiary/aromatic N) is 1. The number of hydrogen-bond donors (Lipinski definition) is 2. The van der Waals surface area contributed by atoms with Crippen LogP contribution in [0.1, 0.15) is 11.1 Å². The quantitative estimate of drug-likeness (QED) is 0.347. The summed E-state index contributed by atoms with van der Waals surface area (Å²) in [6.07, 6.45) is 1.49. The maximum absolute atomic E-state index is 12.4. The summed E-state index contributed by atoms with van der Waals surface area (Å²) in [5.74, 6) is -0.271. The largest absolute Gasteiger partial charge is 0.484 e. The SMILES string of the molecule is Cc1ccc(NC(=O)/C(C#N)=C\c2ccc(OCC(=O)Nc3ccc(Br)cc3)cc2)cc1. The van der Waals surface area contributed by atoms with Gasteiger partial charge in [0.1, 0.15) is 17.4 Å². The summed E-state index contributed by atoms with van der Waals surface area (Å²) in [6, 6.07) is 23.2. The van der Waals surface area contributed by atoms with Crippen LogP contribution in [0, 0.1) is 18.3 Å². The molecule has 3 aromatic carbocycles. The highest BCUT2D eigenvalue weighted by Crippen LogP contribution is 2.17. The first kappa shape index (κ1) is 22.8. The first-order chi connectivity index (χ1) is 15.4. The van der Waals surface area contributed by atoms with E-state index in [9.17, 15) is 14.9 Å². The third kappa shape index (κ3) is 6.83. The third-order valence-corrected chi connectivity index (χ3v) is 4.89. The van der Waals surface area contributed by atoms with Crippen LogP contribution in [0.15, 0.2) is 82.8 Å². The minimum absolute atomic E-state index is 0.0203. The van der Waals surface area contributed by atoms with Crippen molar-refractivity contribution in [1.29, 1.82) is 5.26 Å². The summed E-state index contributed by atoms with van der Waals surface area (Å²) >= 11 is 3.34. The Morgan fingerprint density at radius 2 is 1.53 bits per heavy atom. The van der Waals surface area contributed by atoms with E-state index in [1.165, 1.54) is 6.08 Å². The van der Waals surface area contributed by atoms with Gasteiger partial charge in [-0.1, -0.05) is 45.8 Å². The fourth-order valence-electron chi connectivity index (χ4n) is 2.69. The van der Waals surface area contributed by atoms with Gasteiger partial charge in [-0.15, -0.1) is 0 Å². The topological polar surface area (TPSA) is 91.2 Å². The maximum Gasteiger partial charge on any atom is 0.266 e. The van der Waals surface area contributed by atoms with E-state index in [0.717, 1.165) is 10.0 Å². The molecule has 2 N–H and O–H groups in total. The van der Waals surface area contributed by atoms with Gasteiger partial charge in [-0.25, -0.2) is 0 Å². The molecule has 0 atom stereocenters. The average molecular weight is 490 g/mol. The Balaban J connectivity index is 1.56. The zero-order chi connectivity index (χ0) is 22.9. The number of nitrogens with one attached hydrogen (secondary N) is 2. The number of anilines is 2. The lowest BCUT2D eigenvalue weighted by Gasteiger charge is -2.08. The average Bonchev–Trinajstić information content (AvgIpc) is 2.80. The zero-order valence-corrected chi connectivity index (χ0v) is 18.8. The van der Waals surface area contributed by atoms with E-state index in [-0.39, 0.29) is 18.1 Å². The summed E-state index contributed by atoms with van der Waals surface area (Å²) in [5.41, 5.74) is 3.01. The Morgan fingerprint density at radius 1 is 0.938 bits per heavy atom. The molecular weight excluding hydrogens is 470 g/mol. The van der Waals surface area contributed by atoms with Gasteiger partial charge >= 0.3 is 0 Å². The van der Waals surface area contributed by atoms with Crippen molar-refractivity contribution in [3.63, 3.8) is 0 Å². The highest BCUT2D eigenvalue weighted by atomic mass is 79.9. The van der Waals surface area contributed by atoms with Crippen LogP contribution in [-0.2, 0) is 9.59 Å². The molecule has 0 radical (unpaired) electrons. The number of aryl methyl sites for hydroxylation is 1. The van der Waals surface area contributed by atoms with Crippen molar-refractivity contribution in [3.8, 4) is 11.8 Å². The molecule has 0 aromatic heterocycles. The second-order valence-corrected chi connectivity index (χ2v) is 7.82. The molecule has 7 heteroatoms. The molecule has 0 fully saturated rings. The van der Waals surface area contributed by atoms with Crippen molar-refractivity contribution >= 4 is 45.2 Å². The van der Waals surface area contributed by atoms with Crippen molar-refractivity contribution in [2.45, 2.75) is 6.92 Å². The highest BCUT2D eigenvalue weighted by molar-refractivity contribution is 9.10. The van der Waals surface area contributed by atoms with Crippen LogP contribution in [0.3, 0.4) is 0 Å². The molecule has 0 bridgehead atoms. The lowest BCUT2D eigenvalue weighted by molar-refractivity contribution is -0.118. The number of carbonyl (C=O) groups is 2. The van der Waals surface area contributed by atoms with Crippen LogP contribution in [-0.4, -0.2) is 18.4 Å². The molecular formula is C25H20BrN3O3. The lowest BCUT2D eigenvalue weighted by atomic mass is 10.1. The molecule has 0 spiro atoms. The second kappa shape index (κ2) is 10.9. The van der Waals surface area contributed by atoms with Crippen molar-refractivity contribution in [2.24, 2.45) is 0 Å². The van der Waals surface area contributed by atoms with Crippen LogP contribution in [0.5, 0.6) is 5.75 Å². The fraction of sp³-hybridized carbons (Fsp3) is 0.0800. The van der Waals surface area contributed by atoms with E-state index in [2.05, 4.69) is 26.6 Å². The molecule has 3 rings (SSSR count). The molecule has 0 aliphatic heterocycles. The van der Waals surface area contributed by atoms with Crippen LogP contribution in [0.25, 0.3) is 6.08 Å². The number of benzene rings is 3. The van der Waals surface area contributed by atoms with Crippen molar-refractivity contribution in [3.05, 3.63) is 94.0 Å². The number of nitriles is 1. The standard InChI is InChI=1S/C25H20BrN3O3/c1-17-2-8-22(9-3-17)29-25(31)19(15-27)14-18-4-12-23(13-5-18)32-16-24(30)28-21-10-6-20(26)7-11-21/h2-14H,16H2,1H3,(H,28,30)(H,29,31)/b19-14-. The number of ether oxygens (including phenoxy) is 1. The molecule has 0 aliphatic rings. The van der Waals surface area contributed by atoms with E-state index < -0.39 is 5.91 Å². The van der Waals surface area contributed by atoms with Gasteiger partial charge in [0, 0.05) is 15.8 Å². The van der Waals surface area contributed by atoms with Crippen molar-refractivity contribution in [1.82, 2.24) is 0 Å². The fourth-order valence-corrected chi connectivity index (χ4v) is 2.95. The van der Waals surface area contributed by atoms with Gasteiger partial charge in [-0.2, -0.15) is 5.26 Å². The van der Waals surface area contributed by atoms with Crippen molar-refractivity contribution < 1.29 is 14.3 Å². The van der Waals surface area contributed by atoms with E-state index in [0.29, 0.717) is 22.7 Å². The van der Waals surface area contributed by atoms with Gasteiger partial charge in [-0.05, 0) is 67.1 Å². The summed E-state index contributed by atoms with van der Waals surface area (Å²) in [7, 11) is 0. The number of amides is 2. The van der Waals surface area contributed by atoms with Crippen LogP contribution < -0.4 is 15.4 Å². The predicted molar refractivity (Wildman–Crippen MR) is 128 cm³/mol. The minimum atomic E-state index is -0.485. The first-order valence-corrected chi connectivity index (χ1v) is 10.5. The van der Waals surface area contributed by atoms with Crippen LogP contribution in [0.2, 0.25) is 0 Å². The molecule has 6 nitrogen and oxygen atoms in total. The molecule has 0 aliphatic carbocycles. The van der Waals surface area contributed by atoms with Crippen molar-refractivity contribution in [2.75, 3.05) is 17.2 Å². The summed E-state index contributed by atoms with van der Waals surface area (Å²) in [4.78, 5) is 24.4. The van der Waals surface area contributed by atoms with Gasteiger partial charge in [0.15, 0.2) is 6.61 Å². The molecule has 0 saturated heterocycles. The second-order valence-electron chi connectivity index (χ2n) is 6.90. The van der Waals surface area contributed by atoms with Gasteiger partial charge < -0.3 is 15.4 Å². The first-order valence-electron chi connectivity index (χ1n) is 9.71. The Morgan fingerprint density at radius 3 is 2.16 bits per heavy atom. The molecule has 0 heterocycles. The number of halogens is 1. The van der Waals surface area contributed by atoms with Crippen LogP contribution >= 0.6 is 15.9 Å². The summed E-state index contributed by atoms with van der Waals surface area (Å²) in [5, 5.41) is 14.8. The Bertz CT molecular complexity index is 1160. The van der Waals surface area contributed by atoms with Gasteiger partial charge in [-0.3, -0.25) is 9.59 Å². The normalized spacial score (nSPS) is 10.7. The number of hydrogen-bond acceptors (Lipinski definition) is 4. The molecule has 160 valence electrons. The van der Waals surface area contributed by atoms with E-state index in [1.807, 2.05) is 37.3 Å². The Hall–Kier alpha value is -3.89. The minimum Gasteiger partial charge on any atom is -0.484 e. The van der Waals surface area contributed by atoms with E-state index >= 15 is 0 Å². The van der Waals surface area contributed by atoms with E-state index in [1.54, 1.807) is 48.5 Å². The maximum atomic E-state index is 12.4. The zero-order valence-electron chi connectivity index (χ0n) is 17.3. The smallest absolute Gasteiger partial charge is 0.266 e. The monoisotopic (exact) mass is 489 g/mol.